The zero-order chi connectivity index (χ0) is 15.5. The lowest BCUT2D eigenvalue weighted by atomic mass is 10.0. The van der Waals surface area contributed by atoms with E-state index in [0.29, 0.717) is 23.7 Å². The standard InChI is InChI=1S/C16H16ClN3O2/c17-16-6-15(20-5-1-2-13(22)9-20)14(8-19-16)11-3-4-12(10-21)18-7-11/h3-4,6-8,10,13,22H,1-2,5,9H2/t13-/m0/s1. The van der Waals surface area contributed by atoms with Crippen molar-refractivity contribution in [1.82, 2.24) is 9.97 Å². The van der Waals surface area contributed by atoms with Crippen LogP contribution in [0.1, 0.15) is 23.3 Å². The van der Waals surface area contributed by atoms with Crippen LogP contribution in [0.2, 0.25) is 5.15 Å². The molecule has 0 aromatic carbocycles. The zero-order valence-electron chi connectivity index (χ0n) is 11.9. The monoisotopic (exact) mass is 317 g/mol. The van der Waals surface area contributed by atoms with Crippen molar-refractivity contribution in [3.63, 3.8) is 0 Å². The zero-order valence-corrected chi connectivity index (χ0v) is 12.7. The first kappa shape index (κ1) is 14.9. The molecule has 1 aliphatic rings. The molecule has 1 saturated heterocycles. The van der Waals surface area contributed by atoms with Crippen molar-refractivity contribution in [3.05, 3.63) is 41.4 Å². The smallest absolute Gasteiger partial charge is 0.168 e. The number of rotatable bonds is 3. The van der Waals surface area contributed by atoms with Crippen LogP contribution in [0.5, 0.6) is 0 Å². The fourth-order valence-corrected chi connectivity index (χ4v) is 2.86. The van der Waals surface area contributed by atoms with Gasteiger partial charge < -0.3 is 10.0 Å². The number of aliphatic hydroxyl groups excluding tert-OH is 1. The number of aliphatic hydroxyl groups is 1. The van der Waals surface area contributed by atoms with Gasteiger partial charge in [0.25, 0.3) is 0 Å². The Morgan fingerprint density at radius 3 is 2.86 bits per heavy atom. The molecule has 0 aliphatic carbocycles. The maximum absolute atomic E-state index is 10.7. The summed E-state index contributed by atoms with van der Waals surface area (Å²) < 4.78 is 0. The largest absolute Gasteiger partial charge is 0.391 e. The maximum Gasteiger partial charge on any atom is 0.168 e. The Morgan fingerprint density at radius 2 is 2.18 bits per heavy atom. The summed E-state index contributed by atoms with van der Waals surface area (Å²) in [6.45, 7) is 1.44. The number of β-amino-alcohol motifs (C(OH)–C–C–N with tert-alkyl or cyclic N) is 1. The van der Waals surface area contributed by atoms with Crippen molar-refractivity contribution in [1.29, 1.82) is 0 Å². The van der Waals surface area contributed by atoms with Crippen molar-refractivity contribution in [3.8, 4) is 11.1 Å². The van der Waals surface area contributed by atoms with Gasteiger partial charge in [0.2, 0.25) is 0 Å². The van der Waals surface area contributed by atoms with Crippen LogP contribution in [0.4, 0.5) is 5.69 Å². The normalized spacial score (nSPS) is 18.3. The fraction of sp³-hybridized carbons (Fsp3) is 0.312. The average molecular weight is 318 g/mol. The first-order chi connectivity index (χ1) is 10.7. The molecule has 0 amide bonds. The van der Waals surface area contributed by atoms with Crippen molar-refractivity contribution >= 4 is 23.6 Å². The lowest BCUT2D eigenvalue weighted by molar-refractivity contribution is 0.111. The van der Waals surface area contributed by atoms with E-state index >= 15 is 0 Å². The molecular formula is C16H16ClN3O2. The van der Waals surface area contributed by atoms with Crippen LogP contribution < -0.4 is 4.90 Å². The number of carbonyl (C=O) groups excluding carboxylic acids is 1. The van der Waals surface area contributed by atoms with E-state index in [0.717, 1.165) is 36.2 Å². The van der Waals surface area contributed by atoms with E-state index in [2.05, 4.69) is 14.9 Å². The fourth-order valence-electron chi connectivity index (χ4n) is 2.71. The molecule has 0 bridgehead atoms. The minimum absolute atomic E-state index is 0.330. The van der Waals surface area contributed by atoms with Gasteiger partial charge in [-0.05, 0) is 25.0 Å². The first-order valence-electron chi connectivity index (χ1n) is 7.17. The summed E-state index contributed by atoms with van der Waals surface area (Å²) in [6.07, 6.45) is 5.49. The molecule has 6 heteroatoms. The number of carbonyl (C=O) groups is 1. The Labute approximate surface area is 133 Å². The summed E-state index contributed by atoms with van der Waals surface area (Å²) in [5, 5.41) is 10.3. The number of pyridine rings is 2. The van der Waals surface area contributed by atoms with Gasteiger partial charge in [0.15, 0.2) is 6.29 Å². The second-order valence-corrected chi connectivity index (χ2v) is 5.74. The molecule has 0 radical (unpaired) electrons. The number of halogens is 1. The second-order valence-electron chi connectivity index (χ2n) is 5.36. The Kier molecular flexibility index (Phi) is 4.36. The van der Waals surface area contributed by atoms with Gasteiger partial charge in [0, 0.05) is 42.3 Å². The molecule has 22 heavy (non-hydrogen) atoms. The van der Waals surface area contributed by atoms with Crippen LogP contribution in [0.3, 0.4) is 0 Å². The summed E-state index contributed by atoms with van der Waals surface area (Å²) in [5.74, 6) is 0. The lowest BCUT2D eigenvalue weighted by Gasteiger charge is -2.33. The van der Waals surface area contributed by atoms with Gasteiger partial charge in [-0.3, -0.25) is 9.78 Å². The summed E-state index contributed by atoms with van der Waals surface area (Å²) in [6, 6.07) is 5.32. The molecule has 0 unspecified atom stereocenters. The molecule has 1 N–H and O–H groups in total. The van der Waals surface area contributed by atoms with Crippen LogP contribution in [-0.2, 0) is 0 Å². The predicted octanol–water partition coefficient (Wildman–Crippen LogP) is 2.57. The third-order valence-corrected chi connectivity index (χ3v) is 4.01. The van der Waals surface area contributed by atoms with E-state index in [-0.39, 0.29) is 6.10 Å². The predicted molar refractivity (Wildman–Crippen MR) is 85.3 cm³/mol. The lowest BCUT2D eigenvalue weighted by Crippen LogP contribution is -2.38. The van der Waals surface area contributed by atoms with Gasteiger partial charge in [-0.15, -0.1) is 0 Å². The highest BCUT2D eigenvalue weighted by Crippen LogP contribution is 2.33. The van der Waals surface area contributed by atoms with Crippen LogP contribution in [0, 0.1) is 0 Å². The number of hydrogen-bond donors (Lipinski definition) is 1. The second kappa shape index (κ2) is 6.42. The molecule has 2 aromatic rings. The van der Waals surface area contributed by atoms with Crippen molar-refractivity contribution in [2.24, 2.45) is 0 Å². The molecule has 2 aromatic heterocycles. The average Bonchev–Trinajstić information content (AvgIpc) is 2.55. The number of aldehydes is 1. The third kappa shape index (κ3) is 3.10. The highest BCUT2D eigenvalue weighted by Gasteiger charge is 2.21. The number of piperidine rings is 1. The third-order valence-electron chi connectivity index (χ3n) is 3.80. The summed E-state index contributed by atoms with van der Waals surface area (Å²) in [7, 11) is 0. The van der Waals surface area contributed by atoms with Crippen LogP contribution in [0.15, 0.2) is 30.6 Å². The number of hydrogen-bond acceptors (Lipinski definition) is 5. The van der Waals surface area contributed by atoms with E-state index in [9.17, 15) is 9.90 Å². The SMILES string of the molecule is O=Cc1ccc(-c2cnc(Cl)cc2N2CCC[C@H](O)C2)cn1. The molecule has 1 atom stereocenters. The number of aromatic nitrogens is 2. The molecule has 0 spiro atoms. The van der Waals surface area contributed by atoms with Crippen LogP contribution in [-0.4, -0.2) is 40.6 Å². The molecule has 1 fully saturated rings. The van der Waals surface area contributed by atoms with E-state index in [1.807, 2.05) is 12.1 Å². The first-order valence-corrected chi connectivity index (χ1v) is 7.55. The number of anilines is 1. The Balaban J connectivity index is 2.01. The van der Waals surface area contributed by atoms with Gasteiger partial charge in [0.1, 0.15) is 10.8 Å². The summed E-state index contributed by atoms with van der Waals surface area (Å²) in [4.78, 5) is 21.1. The van der Waals surface area contributed by atoms with Gasteiger partial charge >= 0.3 is 0 Å². The molecular weight excluding hydrogens is 302 g/mol. The van der Waals surface area contributed by atoms with Gasteiger partial charge in [-0.2, -0.15) is 0 Å². The molecule has 114 valence electrons. The Bertz CT molecular complexity index is 676. The highest BCUT2D eigenvalue weighted by molar-refractivity contribution is 6.29. The molecule has 1 aliphatic heterocycles. The van der Waals surface area contributed by atoms with Gasteiger partial charge in [-0.1, -0.05) is 17.7 Å². The maximum atomic E-state index is 10.7. The topological polar surface area (TPSA) is 66.3 Å². The van der Waals surface area contributed by atoms with Crippen LogP contribution in [0.25, 0.3) is 11.1 Å². The van der Waals surface area contributed by atoms with Gasteiger partial charge in [0.05, 0.1) is 6.10 Å². The minimum atomic E-state index is -0.330. The molecule has 3 heterocycles. The van der Waals surface area contributed by atoms with E-state index in [4.69, 9.17) is 11.6 Å². The molecule has 5 nitrogen and oxygen atoms in total. The van der Waals surface area contributed by atoms with E-state index in [1.54, 1.807) is 18.5 Å². The summed E-state index contributed by atoms with van der Waals surface area (Å²) >= 11 is 6.05. The van der Waals surface area contributed by atoms with Crippen molar-refractivity contribution in [2.75, 3.05) is 18.0 Å². The highest BCUT2D eigenvalue weighted by atomic mass is 35.5. The van der Waals surface area contributed by atoms with Crippen LogP contribution >= 0.6 is 11.6 Å². The van der Waals surface area contributed by atoms with E-state index < -0.39 is 0 Å². The molecule has 0 saturated carbocycles. The minimum Gasteiger partial charge on any atom is -0.391 e. The summed E-state index contributed by atoms with van der Waals surface area (Å²) in [5.41, 5.74) is 3.08. The Hall–Kier alpha value is -1.98. The van der Waals surface area contributed by atoms with E-state index in [1.165, 1.54) is 0 Å². The Morgan fingerprint density at radius 1 is 1.32 bits per heavy atom. The van der Waals surface area contributed by atoms with Gasteiger partial charge in [-0.25, -0.2) is 4.98 Å². The van der Waals surface area contributed by atoms with Crippen molar-refractivity contribution < 1.29 is 9.90 Å². The van der Waals surface area contributed by atoms with Crippen molar-refractivity contribution in [2.45, 2.75) is 18.9 Å². The number of nitrogens with zero attached hydrogens (tertiary/aromatic N) is 3. The molecule has 3 rings (SSSR count). The quantitative estimate of drug-likeness (QED) is 0.696.